The van der Waals surface area contributed by atoms with E-state index in [1.807, 2.05) is 24.3 Å². The first-order valence-electron chi connectivity index (χ1n) is 5.40. The summed E-state index contributed by atoms with van der Waals surface area (Å²) < 4.78 is 5.07. The lowest BCUT2D eigenvalue weighted by atomic mass is 10.2. The van der Waals surface area contributed by atoms with E-state index in [-0.39, 0.29) is 12.5 Å². The second kappa shape index (κ2) is 4.63. The molecule has 1 aromatic rings. The number of nitrogens with zero attached hydrogens (tertiary/aromatic N) is 1. The summed E-state index contributed by atoms with van der Waals surface area (Å²) in [6.45, 7) is 0.937. The molecule has 1 aliphatic heterocycles. The van der Waals surface area contributed by atoms with E-state index in [1.54, 1.807) is 4.90 Å². The fraction of sp³-hybridized carbons (Fsp3) is 0.417. The second-order valence-electron chi connectivity index (χ2n) is 3.83. The van der Waals surface area contributed by atoms with Crippen LogP contribution in [-0.4, -0.2) is 32.2 Å². The van der Waals surface area contributed by atoms with Gasteiger partial charge in [0.05, 0.1) is 0 Å². The summed E-state index contributed by atoms with van der Waals surface area (Å²) in [4.78, 5) is 13.9. The van der Waals surface area contributed by atoms with Crippen LogP contribution < -0.4 is 10.6 Å². The Balaban J connectivity index is 2.22. The quantitative estimate of drug-likeness (QED) is 0.809. The van der Waals surface area contributed by atoms with Crippen molar-refractivity contribution in [1.82, 2.24) is 0 Å². The van der Waals surface area contributed by atoms with E-state index >= 15 is 0 Å². The molecule has 0 aliphatic carbocycles. The fourth-order valence-electron chi connectivity index (χ4n) is 2.04. The van der Waals surface area contributed by atoms with Crippen molar-refractivity contribution in [3.63, 3.8) is 0 Å². The molecule has 1 unspecified atom stereocenters. The smallest absolute Gasteiger partial charge is 0.257 e. The van der Waals surface area contributed by atoms with Gasteiger partial charge < -0.3 is 15.4 Å². The summed E-state index contributed by atoms with van der Waals surface area (Å²) >= 11 is 0. The molecule has 0 aromatic heterocycles. The van der Waals surface area contributed by atoms with Gasteiger partial charge in [0.1, 0.15) is 6.10 Å². The van der Waals surface area contributed by atoms with Gasteiger partial charge in [0.25, 0.3) is 5.91 Å². The van der Waals surface area contributed by atoms with Crippen molar-refractivity contribution in [1.29, 1.82) is 0 Å². The molecule has 86 valence electrons. The lowest BCUT2D eigenvalue weighted by molar-refractivity contribution is -0.127. The van der Waals surface area contributed by atoms with Crippen LogP contribution in [0.1, 0.15) is 5.56 Å². The van der Waals surface area contributed by atoms with Crippen LogP contribution in [0.25, 0.3) is 0 Å². The summed E-state index contributed by atoms with van der Waals surface area (Å²) in [6.07, 6.45) is 0.370. The maximum Gasteiger partial charge on any atom is 0.257 e. The third-order valence-corrected chi connectivity index (χ3v) is 2.93. The SMILES string of the molecule is COC(CN)C(=O)N1CCc2ccccc21. The van der Waals surface area contributed by atoms with Gasteiger partial charge in [-0.3, -0.25) is 4.79 Å². The van der Waals surface area contributed by atoms with E-state index in [9.17, 15) is 4.79 Å². The molecule has 0 saturated heterocycles. The number of hydrogen-bond acceptors (Lipinski definition) is 3. The van der Waals surface area contributed by atoms with E-state index in [0.29, 0.717) is 0 Å². The highest BCUT2D eigenvalue weighted by molar-refractivity contribution is 5.98. The highest BCUT2D eigenvalue weighted by Crippen LogP contribution is 2.27. The van der Waals surface area contributed by atoms with Crippen LogP contribution in [-0.2, 0) is 16.0 Å². The zero-order chi connectivity index (χ0) is 11.5. The molecule has 0 radical (unpaired) electrons. The summed E-state index contributed by atoms with van der Waals surface area (Å²) in [6, 6.07) is 7.94. The fourth-order valence-corrected chi connectivity index (χ4v) is 2.04. The van der Waals surface area contributed by atoms with Crippen LogP contribution in [0.2, 0.25) is 0 Å². The van der Waals surface area contributed by atoms with E-state index in [0.717, 1.165) is 18.7 Å². The molecule has 4 heteroatoms. The van der Waals surface area contributed by atoms with Crippen molar-refractivity contribution in [3.8, 4) is 0 Å². The summed E-state index contributed by atoms with van der Waals surface area (Å²) in [5, 5.41) is 0. The van der Waals surface area contributed by atoms with E-state index in [1.165, 1.54) is 12.7 Å². The number of hydrogen-bond donors (Lipinski definition) is 1. The number of fused-ring (bicyclic) bond motifs is 1. The number of benzene rings is 1. The molecular formula is C12H16N2O2. The number of carbonyl (C=O) groups excluding carboxylic acids is 1. The molecular weight excluding hydrogens is 204 g/mol. The van der Waals surface area contributed by atoms with Gasteiger partial charge in [0.15, 0.2) is 0 Å². The van der Waals surface area contributed by atoms with Crippen LogP contribution in [0.15, 0.2) is 24.3 Å². The predicted molar refractivity (Wildman–Crippen MR) is 62.4 cm³/mol. The third kappa shape index (κ3) is 1.81. The maximum atomic E-state index is 12.1. The van der Waals surface area contributed by atoms with Crippen LogP contribution >= 0.6 is 0 Å². The Morgan fingerprint density at radius 2 is 2.31 bits per heavy atom. The largest absolute Gasteiger partial charge is 0.370 e. The Morgan fingerprint density at radius 1 is 1.56 bits per heavy atom. The van der Waals surface area contributed by atoms with Gasteiger partial charge in [-0.05, 0) is 18.1 Å². The predicted octanol–water partition coefficient (Wildman–Crippen LogP) is 0.549. The van der Waals surface area contributed by atoms with Crippen LogP contribution in [0, 0.1) is 0 Å². The minimum Gasteiger partial charge on any atom is -0.370 e. The van der Waals surface area contributed by atoms with Gasteiger partial charge >= 0.3 is 0 Å². The average molecular weight is 220 g/mol. The minimum atomic E-state index is -0.536. The normalized spacial score (nSPS) is 16.0. The molecule has 16 heavy (non-hydrogen) atoms. The molecule has 1 aliphatic rings. The molecule has 2 rings (SSSR count). The van der Waals surface area contributed by atoms with Crippen LogP contribution in [0.4, 0.5) is 5.69 Å². The van der Waals surface area contributed by atoms with Gasteiger partial charge in [-0.25, -0.2) is 0 Å². The van der Waals surface area contributed by atoms with Gasteiger partial charge in [-0.1, -0.05) is 18.2 Å². The van der Waals surface area contributed by atoms with Crippen LogP contribution in [0.3, 0.4) is 0 Å². The number of amides is 1. The van der Waals surface area contributed by atoms with Crippen molar-refractivity contribution < 1.29 is 9.53 Å². The van der Waals surface area contributed by atoms with Crippen molar-refractivity contribution in [2.24, 2.45) is 5.73 Å². The molecule has 1 aromatic carbocycles. The average Bonchev–Trinajstić information content (AvgIpc) is 2.74. The number of rotatable bonds is 3. The monoisotopic (exact) mass is 220 g/mol. The highest BCUT2D eigenvalue weighted by Gasteiger charge is 2.28. The summed E-state index contributed by atoms with van der Waals surface area (Å²) in [5.74, 6) is -0.0463. The van der Waals surface area contributed by atoms with E-state index in [4.69, 9.17) is 10.5 Å². The molecule has 1 heterocycles. The van der Waals surface area contributed by atoms with Gasteiger partial charge in [0, 0.05) is 25.9 Å². The topological polar surface area (TPSA) is 55.6 Å². The second-order valence-corrected chi connectivity index (χ2v) is 3.83. The molecule has 0 saturated carbocycles. The van der Waals surface area contributed by atoms with E-state index < -0.39 is 6.10 Å². The number of methoxy groups -OCH3 is 1. The Hall–Kier alpha value is -1.39. The maximum absolute atomic E-state index is 12.1. The Kier molecular flexibility index (Phi) is 3.22. The van der Waals surface area contributed by atoms with Gasteiger partial charge in [0.2, 0.25) is 0 Å². The zero-order valence-electron chi connectivity index (χ0n) is 9.35. The summed E-state index contributed by atoms with van der Waals surface area (Å²) in [5.41, 5.74) is 7.70. The van der Waals surface area contributed by atoms with Crippen molar-refractivity contribution in [2.75, 3.05) is 25.1 Å². The molecule has 0 fully saturated rings. The molecule has 2 N–H and O–H groups in total. The number of carbonyl (C=O) groups is 1. The number of ether oxygens (including phenoxy) is 1. The first-order chi connectivity index (χ1) is 7.77. The number of anilines is 1. The zero-order valence-corrected chi connectivity index (χ0v) is 9.35. The lowest BCUT2D eigenvalue weighted by Gasteiger charge is -2.22. The molecule has 0 bridgehead atoms. The van der Waals surface area contributed by atoms with Gasteiger partial charge in [-0.15, -0.1) is 0 Å². The van der Waals surface area contributed by atoms with E-state index in [2.05, 4.69) is 0 Å². The first kappa shape index (κ1) is 11.1. The van der Waals surface area contributed by atoms with Crippen molar-refractivity contribution in [3.05, 3.63) is 29.8 Å². The Morgan fingerprint density at radius 3 is 3.00 bits per heavy atom. The molecule has 0 spiro atoms. The first-order valence-corrected chi connectivity index (χ1v) is 5.40. The number of para-hydroxylation sites is 1. The Bertz CT molecular complexity index is 388. The summed E-state index contributed by atoms with van der Waals surface area (Å²) in [7, 11) is 1.51. The highest BCUT2D eigenvalue weighted by atomic mass is 16.5. The van der Waals surface area contributed by atoms with Gasteiger partial charge in [-0.2, -0.15) is 0 Å². The third-order valence-electron chi connectivity index (χ3n) is 2.93. The molecule has 4 nitrogen and oxygen atoms in total. The minimum absolute atomic E-state index is 0.0463. The van der Waals surface area contributed by atoms with Crippen molar-refractivity contribution in [2.45, 2.75) is 12.5 Å². The molecule has 1 atom stereocenters. The van der Waals surface area contributed by atoms with Crippen LogP contribution in [0.5, 0.6) is 0 Å². The Labute approximate surface area is 95.0 Å². The standard InChI is InChI=1S/C12H16N2O2/c1-16-11(8-13)12(15)14-7-6-9-4-2-3-5-10(9)14/h2-5,11H,6-8,13H2,1H3. The number of nitrogens with two attached hydrogens (primary N) is 1. The lowest BCUT2D eigenvalue weighted by Crippen LogP contribution is -2.43. The molecule has 1 amide bonds. The van der Waals surface area contributed by atoms with Crippen molar-refractivity contribution >= 4 is 11.6 Å².